The first kappa shape index (κ1) is 19.3. The molecule has 0 aliphatic carbocycles. The smallest absolute Gasteiger partial charge is 0.311 e. The van der Waals surface area contributed by atoms with Crippen molar-refractivity contribution in [2.45, 2.75) is 26.2 Å². The lowest BCUT2D eigenvalue weighted by Crippen LogP contribution is -2.13. The van der Waals surface area contributed by atoms with Crippen molar-refractivity contribution in [2.75, 3.05) is 11.9 Å². The van der Waals surface area contributed by atoms with Gasteiger partial charge >= 0.3 is 5.97 Å². The molecule has 132 valence electrons. The summed E-state index contributed by atoms with van der Waals surface area (Å²) < 4.78 is 5.74. The van der Waals surface area contributed by atoms with Crippen LogP contribution in [0.5, 0.6) is 0 Å². The molecule has 8 heteroatoms. The summed E-state index contributed by atoms with van der Waals surface area (Å²) in [7, 11) is 0. The highest BCUT2D eigenvalue weighted by Gasteiger charge is 2.12. The number of thiazole rings is 1. The number of carbonyl (C=O) groups is 3. The van der Waals surface area contributed by atoms with Crippen LogP contribution in [0.15, 0.2) is 34.1 Å². The number of rotatable bonds is 8. The lowest BCUT2D eigenvalue weighted by Gasteiger charge is -2.02. The SMILES string of the molecule is CCOC(=O)Cc1csc(NC(=O)CCC(=O)c2ccc(Br)cc2)n1. The Morgan fingerprint density at radius 1 is 1.20 bits per heavy atom. The van der Waals surface area contributed by atoms with Gasteiger partial charge in [0.2, 0.25) is 5.91 Å². The summed E-state index contributed by atoms with van der Waals surface area (Å²) in [4.78, 5) is 39.5. The summed E-state index contributed by atoms with van der Waals surface area (Å²) in [5.41, 5.74) is 1.12. The summed E-state index contributed by atoms with van der Waals surface area (Å²) in [5, 5.41) is 4.74. The van der Waals surface area contributed by atoms with Gasteiger partial charge in [-0.1, -0.05) is 28.1 Å². The molecule has 1 aromatic heterocycles. The van der Waals surface area contributed by atoms with Crippen LogP contribution in [0.25, 0.3) is 0 Å². The van der Waals surface area contributed by atoms with E-state index in [0.29, 0.717) is 23.0 Å². The van der Waals surface area contributed by atoms with Crippen LogP contribution in [0.2, 0.25) is 0 Å². The van der Waals surface area contributed by atoms with Crippen LogP contribution < -0.4 is 5.32 Å². The van der Waals surface area contributed by atoms with Crippen LogP contribution in [0.4, 0.5) is 5.13 Å². The number of hydrogen-bond donors (Lipinski definition) is 1. The number of nitrogens with one attached hydrogen (secondary N) is 1. The Morgan fingerprint density at radius 2 is 1.92 bits per heavy atom. The maximum atomic E-state index is 12.0. The topological polar surface area (TPSA) is 85.4 Å². The lowest BCUT2D eigenvalue weighted by atomic mass is 10.1. The Kier molecular flexibility index (Phi) is 7.27. The van der Waals surface area contributed by atoms with Crippen molar-refractivity contribution in [1.29, 1.82) is 0 Å². The highest BCUT2D eigenvalue weighted by Crippen LogP contribution is 2.17. The molecule has 1 aromatic carbocycles. The Hall–Kier alpha value is -2.06. The monoisotopic (exact) mass is 424 g/mol. The number of anilines is 1. The molecule has 0 atom stereocenters. The van der Waals surface area contributed by atoms with Gasteiger partial charge in [-0.15, -0.1) is 11.3 Å². The third-order valence-electron chi connectivity index (χ3n) is 3.17. The quantitative estimate of drug-likeness (QED) is 0.516. The zero-order valence-electron chi connectivity index (χ0n) is 13.6. The predicted octanol–water partition coefficient (Wildman–Crippen LogP) is 3.61. The Balaban J connectivity index is 1.80. The minimum absolute atomic E-state index is 0.0711. The highest BCUT2D eigenvalue weighted by molar-refractivity contribution is 9.10. The fourth-order valence-corrected chi connectivity index (χ4v) is 2.99. The van der Waals surface area contributed by atoms with E-state index in [4.69, 9.17) is 4.74 Å². The molecular weight excluding hydrogens is 408 g/mol. The van der Waals surface area contributed by atoms with Gasteiger partial charge in [0, 0.05) is 28.3 Å². The number of amides is 1. The van der Waals surface area contributed by atoms with Crippen LogP contribution in [-0.4, -0.2) is 29.3 Å². The van der Waals surface area contributed by atoms with Gasteiger partial charge in [0.25, 0.3) is 0 Å². The van der Waals surface area contributed by atoms with E-state index < -0.39 is 0 Å². The average Bonchev–Trinajstić information content (AvgIpc) is 3.00. The van der Waals surface area contributed by atoms with Gasteiger partial charge in [-0.25, -0.2) is 4.98 Å². The number of ether oxygens (including phenoxy) is 1. The highest BCUT2D eigenvalue weighted by atomic mass is 79.9. The summed E-state index contributed by atoms with van der Waals surface area (Å²) in [6.45, 7) is 2.05. The molecule has 2 aromatic rings. The first-order chi connectivity index (χ1) is 12.0. The van der Waals surface area contributed by atoms with Crippen molar-refractivity contribution >= 4 is 50.1 Å². The molecule has 0 aliphatic rings. The molecule has 0 bridgehead atoms. The van der Waals surface area contributed by atoms with E-state index in [2.05, 4.69) is 26.2 Å². The molecule has 0 unspecified atom stereocenters. The predicted molar refractivity (Wildman–Crippen MR) is 98.8 cm³/mol. The molecule has 0 aliphatic heterocycles. The summed E-state index contributed by atoms with van der Waals surface area (Å²) >= 11 is 4.54. The molecule has 2 rings (SSSR count). The fraction of sp³-hybridized carbons (Fsp3) is 0.294. The van der Waals surface area contributed by atoms with Crippen molar-refractivity contribution in [2.24, 2.45) is 0 Å². The molecule has 1 heterocycles. The maximum Gasteiger partial charge on any atom is 0.311 e. The van der Waals surface area contributed by atoms with Crippen molar-refractivity contribution in [3.05, 3.63) is 45.4 Å². The molecule has 6 nitrogen and oxygen atoms in total. The number of nitrogens with zero attached hydrogens (tertiary/aromatic N) is 1. The number of aromatic nitrogens is 1. The normalized spacial score (nSPS) is 10.3. The summed E-state index contributed by atoms with van der Waals surface area (Å²) in [6, 6.07) is 7.00. The van der Waals surface area contributed by atoms with E-state index in [9.17, 15) is 14.4 Å². The largest absolute Gasteiger partial charge is 0.466 e. The van der Waals surface area contributed by atoms with Gasteiger partial charge in [-0.2, -0.15) is 0 Å². The molecule has 0 spiro atoms. The fourth-order valence-electron chi connectivity index (χ4n) is 1.99. The average molecular weight is 425 g/mol. The summed E-state index contributed by atoms with van der Waals surface area (Å²) in [6.07, 6.45) is 0.262. The minimum atomic E-state index is -0.356. The number of carbonyl (C=O) groups excluding carboxylic acids is 3. The van der Waals surface area contributed by atoms with E-state index >= 15 is 0 Å². The van der Waals surface area contributed by atoms with Crippen LogP contribution >= 0.6 is 27.3 Å². The van der Waals surface area contributed by atoms with E-state index in [1.807, 2.05) is 0 Å². The Morgan fingerprint density at radius 3 is 2.60 bits per heavy atom. The van der Waals surface area contributed by atoms with Crippen molar-refractivity contribution in [1.82, 2.24) is 4.98 Å². The molecule has 1 amide bonds. The van der Waals surface area contributed by atoms with E-state index in [1.54, 1.807) is 36.6 Å². The third-order valence-corrected chi connectivity index (χ3v) is 4.51. The second-order valence-corrected chi connectivity index (χ2v) is 6.88. The van der Waals surface area contributed by atoms with Gasteiger partial charge in [-0.05, 0) is 19.1 Å². The number of ketones is 1. The molecule has 25 heavy (non-hydrogen) atoms. The second-order valence-electron chi connectivity index (χ2n) is 5.10. The standard InChI is InChI=1S/C17H17BrN2O4S/c1-2-24-16(23)9-13-10-25-17(19-13)20-15(22)8-7-14(21)11-3-5-12(18)6-4-11/h3-6,10H,2,7-9H2,1H3,(H,19,20,22). The van der Waals surface area contributed by atoms with Crippen LogP contribution in [-0.2, 0) is 20.7 Å². The molecule has 0 fully saturated rings. The van der Waals surface area contributed by atoms with Gasteiger partial charge < -0.3 is 10.1 Å². The Labute approximate surface area is 157 Å². The minimum Gasteiger partial charge on any atom is -0.466 e. The van der Waals surface area contributed by atoms with Crippen molar-refractivity contribution in [3.63, 3.8) is 0 Å². The first-order valence-electron chi connectivity index (χ1n) is 7.66. The third kappa shape index (κ3) is 6.39. The van der Waals surface area contributed by atoms with Gasteiger partial charge in [0.15, 0.2) is 10.9 Å². The molecule has 1 N–H and O–H groups in total. The van der Waals surface area contributed by atoms with Gasteiger partial charge in [-0.3, -0.25) is 14.4 Å². The number of esters is 1. The number of hydrogen-bond acceptors (Lipinski definition) is 6. The van der Waals surface area contributed by atoms with Crippen LogP contribution in [0.3, 0.4) is 0 Å². The number of halogens is 1. The van der Waals surface area contributed by atoms with Gasteiger partial charge in [0.05, 0.1) is 18.7 Å². The number of Topliss-reactive ketones (excluding diaryl/α,β-unsaturated/α-hetero) is 1. The van der Waals surface area contributed by atoms with Gasteiger partial charge in [0.1, 0.15) is 0 Å². The zero-order chi connectivity index (χ0) is 18.2. The maximum absolute atomic E-state index is 12.0. The zero-order valence-corrected chi connectivity index (χ0v) is 16.0. The molecule has 0 radical (unpaired) electrons. The second kappa shape index (κ2) is 9.43. The summed E-state index contributed by atoms with van der Waals surface area (Å²) in [5.74, 6) is -0.738. The molecular formula is C17H17BrN2O4S. The van der Waals surface area contributed by atoms with Crippen molar-refractivity contribution in [3.8, 4) is 0 Å². The first-order valence-corrected chi connectivity index (χ1v) is 9.34. The van der Waals surface area contributed by atoms with E-state index in [1.165, 1.54) is 11.3 Å². The van der Waals surface area contributed by atoms with Crippen LogP contribution in [0, 0.1) is 0 Å². The van der Waals surface area contributed by atoms with Crippen molar-refractivity contribution < 1.29 is 19.1 Å². The lowest BCUT2D eigenvalue weighted by molar-refractivity contribution is -0.142. The number of benzene rings is 1. The van der Waals surface area contributed by atoms with Crippen LogP contribution in [0.1, 0.15) is 35.8 Å². The molecule has 0 saturated heterocycles. The van der Waals surface area contributed by atoms with E-state index in [-0.39, 0.29) is 36.9 Å². The van der Waals surface area contributed by atoms with E-state index in [0.717, 1.165) is 4.47 Å². The molecule has 0 saturated carbocycles. The Bertz CT molecular complexity index is 758.